The summed E-state index contributed by atoms with van der Waals surface area (Å²) in [6.45, 7) is 4.66. The van der Waals surface area contributed by atoms with Gasteiger partial charge in [-0.2, -0.15) is 27.0 Å². The van der Waals surface area contributed by atoms with E-state index in [0.717, 1.165) is 24.6 Å². The van der Waals surface area contributed by atoms with E-state index in [1.807, 2.05) is 9.66 Å². The van der Waals surface area contributed by atoms with Gasteiger partial charge in [-0.15, -0.1) is 0 Å². The van der Waals surface area contributed by atoms with Gasteiger partial charge in [-0.05, 0) is 50.6 Å². The van der Waals surface area contributed by atoms with Crippen LogP contribution in [0.1, 0.15) is 27.8 Å². The maximum absolute atomic E-state index is 12.6. The van der Waals surface area contributed by atoms with Crippen LogP contribution in [0.5, 0.6) is 5.75 Å². The van der Waals surface area contributed by atoms with Crippen molar-refractivity contribution in [3.05, 3.63) is 96.6 Å². The van der Waals surface area contributed by atoms with Crippen molar-refractivity contribution in [2.75, 3.05) is 7.11 Å². The Balaban J connectivity index is 1.85. The Labute approximate surface area is 235 Å². The van der Waals surface area contributed by atoms with Gasteiger partial charge in [0, 0.05) is 34.4 Å². The second-order valence-corrected chi connectivity index (χ2v) is 11.9. The minimum atomic E-state index is -4.25. The number of hydrazone groups is 2. The third kappa shape index (κ3) is 7.20. The highest BCUT2D eigenvalue weighted by Crippen LogP contribution is 2.25. The van der Waals surface area contributed by atoms with Gasteiger partial charge >= 0.3 is 0 Å². The Bertz CT molecular complexity index is 1680. The molecule has 0 aromatic heterocycles. The van der Waals surface area contributed by atoms with Crippen molar-refractivity contribution in [2.24, 2.45) is 10.2 Å². The van der Waals surface area contributed by atoms with E-state index < -0.39 is 29.9 Å². The molecule has 0 atom stereocenters. The molecule has 0 aliphatic carbocycles. The Hall–Kier alpha value is -4.90. The van der Waals surface area contributed by atoms with Gasteiger partial charge < -0.3 is 4.74 Å². The molecule has 0 radical (unpaired) electrons. The quantitative estimate of drug-likeness (QED) is 0.187. The predicted molar refractivity (Wildman–Crippen MR) is 149 cm³/mol. The van der Waals surface area contributed by atoms with Crippen LogP contribution in [-0.2, 0) is 20.0 Å². The van der Waals surface area contributed by atoms with Crippen LogP contribution in [0.15, 0.2) is 68.5 Å². The van der Waals surface area contributed by atoms with Crippen LogP contribution in [0.2, 0.25) is 0 Å². The molecule has 15 nitrogen and oxygen atoms in total. The SMILES string of the molecule is COc1c(/C=N\NS(=O)(=O)c2ccc(C)c([N+](=O)[O-])c2)cc(C)cc1/C=N\NS(=O)(=O)c1ccc(C)c([N+](=O)[O-])c1. The molecular formula is C24H24N6O9S2. The molecule has 216 valence electrons. The highest BCUT2D eigenvalue weighted by atomic mass is 32.2. The van der Waals surface area contributed by atoms with Crippen LogP contribution in [0, 0.1) is 41.0 Å². The van der Waals surface area contributed by atoms with E-state index in [1.165, 1.54) is 45.2 Å². The average molecular weight is 605 g/mol. The lowest BCUT2D eigenvalue weighted by atomic mass is 10.1. The van der Waals surface area contributed by atoms with Gasteiger partial charge in [0.2, 0.25) is 0 Å². The fraction of sp³-hybridized carbons (Fsp3) is 0.167. The van der Waals surface area contributed by atoms with Crippen molar-refractivity contribution in [1.29, 1.82) is 0 Å². The smallest absolute Gasteiger partial charge is 0.276 e. The first-order chi connectivity index (χ1) is 19.2. The third-order valence-electron chi connectivity index (χ3n) is 5.62. The number of benzene rings is 3. The molecule has 41 heavy (non-hydrogen) atoms. The van der Waals surface area contributed by atoms with Crippen LogP contribution in [-0.4, -0.2) is 46.2 Å². The fourth-order valence-corrected chi connectivity index (χ4v) is 5.22. The lowest BCUT2D eigenvalue weighted by Gasteiger charge is -2.10. The molecule has 0 unspecified atom stereocenters. The summed E-state index contributed by atoms with van der Waals surface area (Å²) in [5, 5.41) is 29.8. The van der Waals surface area contributed by atoms with E-state index in [9.17, 15) is 37.1 Å². The van der Waals surface area contributed by atoms with E-state index in [4.69, 9.17) is 4.74 Å². The lowest BCUT2D eigenvalue weighted by molar-refractivity contribution is -0.385. The minimum absolute atomic E-state index is 0.165. The molecular weight excluding hydrogens is 580 g/mol. The topological polar surface area (TPSA) is 213 Å². The summed E-state index contributed by atoms with van der Waals surface area (Å²) in [5.74, 6) is 0.165. The average Bonchev–Trinajstić information content (AvgIpc) is 2.88. The first kappa shape index (κ1) is 30.6. The van der Waals surface area contributed by atoms with Gasteiger partial charge in [-0.3, -0.25) is 20.2 Å². The summed E-state index contributed by atoms with van der Waals surface area (Å²) in [6, 6.07) is 10.1. The Kier molecular flexibility index (Phi) is 9.04. The van der Waals surface area contributed by atoms with Gasteiger partial charge in [0.25, 0.3) is 31.4 Å². The molecule has 0 aliphatic heterocycles. The molecule has 0 aliphatic rings. The van der Waals surface area contributed by atoms with Crippen LogP contribution >= 0.6 is 0 Å². The van der Waals surface area contributed by atoms with Gasteiger partial charge in [0.05, 0.1) is 39.2 Å². The summed E-state index contributed by atoms with van der Waals surface area (Å²) in [4.78, 5) is 24.2. The van der Waals surface area contributed by atoms with Gasteiger partial charge in [0.1, 0.15) is 5.75 Å². The third-order valence-corrected chi connectivity index (χ3v) is 8.06. The van der Waals surface area contributed by atoms with Crippen molar-refractivity contribution < 1.29 is 31.4 Å². The Morgan fingerprint density at radius 2 is 1.12 bits per heavy atom. The second kappa shape index (κ2) is 12.1. The number of nitrogens with one attached hydrogen (secondary N) is 2. The number of nitro benzene ring substituents is 2. The number of nitro groups is 2. The summed E-state index contributed by atoms with van der Waals surface area (Å²) < 4.78 is 55.9. The number of methoxy groups -OCH3 is 1. The zero-order chi connectivity index (χ0) is 30.5. The molecule has 3 rings (SSSR count). The fourth-order valence-electron chi connectivity index (χ4n) is 3.60. The molecule has 2 N–H and O–H groups in total. The number of hydrogen-bond donors (Lipinski definition) is 2. The lowest BCUT2D eigenvalue weighted by Crippen LogP contribution is -2.19. The van der Waals surface area contributed by atoms with E-state index in [0.29, 0.717) is 27.8 Å². The molecule has 0 heterocycles. The maximum Gasteiger partial charge on any atom is 0.276 e. The Morgan fingerprint density at radius 3 is 1.46 bits per heavy atom. The first-order valence-electron chi connectivity index (χ1n) is 11.4. The minimum Gasteiger partial charge on any atom is -0.495 e. The van der Waals surface area contributed by atoms with E-state index in [1.54, 1.807) is 19.1 Å². The van der Waals surface area contributed by atoms with Gasteiger partial charge in [-0.1, -0.05) is 12.1 Å². The highest BCUT2D eigenvalue weighted by molar-refractivity contribution is 7.89. The molecule has 0 saturated carbocycles. The van der Waals surface area contributed by atoms with E-state index in [-0.39, 0.29) is 26.9 Å². The number of aryl methyl sites for hydroxylation is 3. The van der Waals surface area contributed by atoms with E-state index >= 15 is 0 Å². The van der Waals surface area contributed by atoms with Crippen molar-refractivity contribution in [3.63, 3.8) is 0 Å². The molecule has 0 spiro atoms. The highest BCUT2D eigenvalue weighted by Gasteiger charge is 2.21. The summed E-state index contributed by atoms with van der Waals surface area (Å²) in [5.41, 5.74) is 1.10. The van der Waals surface area contributed by atoms with E-state index in [2.05, 4.69) is 10.2 Å². The second-order valence-electron chi connectivity index (χ2n) is 8.59. The van der Waals surface area contributed by atoms with Gasteiger partial charge in [-0.25, -0.2) is 9.66 Å². The van der Waals surface area contributed by atoms with Crippen molar-refractivity contribution >= 4 is 43.9 Å². The standard InChI is InChI=1S/C24H24N6O9S2/c1-15-9-18(13-25-27-40(35,36)20-7-5-16(2)22(11-20)29(31)32)24(39-4)19(10-15)14-26-28-41(37,38)21-8-6-17(3)23(12-21)30(33)34/h5-14,27-28H,1-4H3/b25-13-,26-14-. The largest absolute Gasteiger partial charge is 0.495 e. The predicted octanol–water partition coefficient (Wildman–Crippen LogP) is 3.06. The number of rotatable bonds is 11. The molecule has 0 saturated heterocycles. The monoisotopic (exact) mass is 604 g/mol. The molecule has 3 aromatic carbocycles. The normalized spacial score (nSPS) is 12.0. The molecule has 3 aromatic rings. The first-order valence-corrected chi connectivity index (χ1v) is 14.4. The van der Waals surface area contributed by atoms with Crippen molar-refractivity contribution in [3.8, 4) is 5.75 Å². The summed E-state index contributed by atoms with van der Waals surface area (Å²) in [7, 11) is -7.18. The molecule has 0 bridgehead atoms. The van der Waals surface area contributed by atoms with Crippen LogP contribution < -0.4 is 14.4 Å². The van der Waals surface area contributed by atoms with Crippen LogP contribution in [0.4, 0.5) is 11.4 Å². The number of nitrogens with zero attached hydrogens (tertiary/aromatic N) is 4. The summed E-state index contributed by atoms with van der Waals surface area (Å²) >= 11 is 0. The summed E-state index contributed by atoms with van der Waals surface area (Å²) in [6.07, 6.45) is 2.28. The molecule has 0 amide bonds. The molecule has 17 heteroatoms. The maximum atomic E-state index is 12.6. The number of hydrogen-bond acceptors (Lipinski definition) is 11. The number of sulfonamides is 2. The zero-order valence-corrected chi connectivity index (χ0v) is 23.7. The van der Waals surface area contributed by atoms with Crippen molar-refractivity contribution in [2.45, 2.75) is 30.6 Å². The Morgan fingerprint density at radius 1 is 0.732 bits per heavy atom. The zero-order valence-electron chi connectivity index (χ0n) is 22.1. The van der Waals surface area contributed by atoms with Crippen molar-refractivity contribution in [1.82, 2.24) is 9.66 Å². The molecule has 0 fully saturated rings. The van der Waals surface area contributed by atoms with Crippen LogP contribution in [0.3, 0.4) is 0 Å². The number of ether oxygens (including phenoxy) is 1. The van der Waals surface area contributed by atoms with Gasteiger partial charge in [0.15, 0.2) is 0 Å². The van der Waals surface area contributed by atoms with Crippen LogP contribution in [0.25, 0.3) is 0 Å².